The second-order valence-corrected chi connectivity index (χ2v) is 10.4. The van der Waals surface area contributed by atoms with E-state index < -0.39 is 0 Å². The maximum absolute atomic E-state index is 13.6. The van der Waals surface area contributed by atoms with Gasteiger partial charge in [-0.3, -0.25) is 9.69 Å². The number of hydrogen-bond donors (Lipinski definition) is 1. The predicted octanol–water partition coefficient (Wildman–Crippen LogP) is 5.49. The van der Waals surface area contributed by atoms with Gasteiger partial charge in [0.2, 0.25) is 0 Å². The van der Waals surface area contributed by atoms with Crippen LogP contribution in [0.4, 0.5) is 0 Å². The van der Waals surface area contributed by atoms with Crippen LogP contribution in [0.5, 0.6) is 5.75 Å². The zero-order valence-corrected chi connectivity index (χ0v) is 20.1. The number of nitrogens with zero attached hydrogens (tertiary/aromatic N) is 2. The van der Waals surface area contributed by atoms with Crippen LogP contribution < -0.4 is 0 Å². The first-order valence-electron chi connectivity index (χ1n) is 12.4. The van der Waals surface area contributed by atoms with E-state index in [0.717, 1.165) is 57.4 Å². The third-order valence-corrected chi connectivity index (χ3v) is 7.68. The number of carbonyl (C=O) groups is 1. The summed E-state index contributed by atoms with van der Waals surface area (Å²) in [5.74, 6) is 1.39. The Bertz CT molecular complexity index is 957. The Balaban J connectivity index is 1.68. The monoisotopic (exact) mass is 446 g/mol. The van der Waals surface area contributed by atoms with Gasteiger partial charge >= 0.3 is 0 Å². The van der Waals surface area contributed by atoms with Gasteiger partial charge in [0.15, 0.2) is 0 Å². The number of phenols is 1. The van der Waals surface area contributed by atoms with Crippen LogP contribution >= 0.6 is 0 Å². The lowest BCUT2D eigenvalue weighted by atomic mass is 9.57. The van der Waals surface area contributed by atoms with Gasteiger partial charge in [0.05, 0.1) is 0 Å². The first-order valence-corrected chi connectivity index (χ1v) is 12.4. The number of carbonyl (C=O) groups excluding carboxylic acids is 1. The van der Waals surface area contributed by atoms with Crippen LogP contribution in [-0.4, -0.2) is 53.0 Å². The minimum Gasteiger partial charge on any atom is -0.508 e. The van der Waals surface area contributed by atoms with Crippen LogP contribution in [0.2, 0.25) is 0 Å². The number of likely N-dealkylation sites (tertiary alicyclic amines) is 1. The van der Waals surface area contributed by atoms with E-state index in [-0.39, 0.29) is 17.4 Å². The molecule has 4 rings (SSSR count). The molecule has 33 heavy (non-hydrogen) atoms. The molecule has 4 heteroatoms. The number of amides is 1. The smallest absolute Gasteiger partial charge is 0.254 e. The zero-order valence-electron chi connectivity index (χ0n) is 20.1. The summed E-state index contributed by atoms with van der Waals surface area (Å²) in [5.41, 5.74) is 1.98. The van der Waals surface area contributed by atoms with Crippen LogP contribution in [0.1, 0.15) is 55.5 Å². The molecule has 1 aliphatic carbocycles. The van der Waals surface area contributed by atoms with Crippen LogP contribution in [0.25, 0.3) is 0 Å². The van der Waals surface area contributed by atoms with Gasteiger partial charge in [0.25, 0.3) is 5.91 Å². The number of rotatable bonds is 7. The van der Waals surface area contributed by atoms with Crippen molar-refractivity contribution in [1.29, 1.82) is 0 Å². The Hall–Kier alpha value is -2.59. The van der Waals surface area contributed by atoms with Crippen molar-refractivity contribution in [2.45, 2.75) is 51.0 Å². The van der Waals surface area contributed by atoms with E-state index >= 15 is 0 Å². The molecular formula is C29H38N2O2. The van der Waals surface area contributed by atoms with Crippen molar-refractivity contribution in [2.24, 2.45) is 11.8 Å². The van der Waals surface area contributed by atoms with Crippen molar-refractivity contribution in [3.63, 3.8) is 0 Å². The van der Waals surface area contributed by atoms with Gasteiger partial charge in [-0.25, -0.2) is 0 Å². The molecule has 3 atom stereocenters. The molecule has 1 amide bonds. The summed E-state index contributed by atoms with van der Waals surface area (Å²) in [6.07, 6.45) is 6.10. The number of fused-ring (bicyclic) bond motifs is 1. The van der Waals surface area contributed by atoms with Gasteiger partial charge < -0.3 is 10.0 Å². The number of phenolic OH excluding ortho intramolecular Hbond substituents is 1. The molecule has 0 aromatic heterocycles. The van der Waals surface area contributed by atoms with Crippen LogP contribution in [0.3, 0.4) is 0 Å². The average Bonchev–Trinajstić information content (AvgIpc) is 2.82. The first-order chi connectivity index (χ1) is 15.9. The standard InChI is InChI=1S/C29H38N2O2/c1-4-16-30-17-15-29(24-11-8-12-27(32)18-24)19-26(14-13-25(29)21-30)31(20-22(2)3)28(33)23-9-6-5-7-10-23/h4-12,18,22,25-26,32H,1,13-17,19-21H2,2-3H3. The zero-order chi connectivity index (χ0) is 23.4. The highest BCUT2D eigenvalue weighted by Crippen LogP contribution is 2.50. The summed E-state index contributed by atoms with van der Waals surface area (Å²) in [5, 5.41) is 10.3. The Kier molecular flexibility index (Phi) is 7.23. The lowest BCUT2D eigenvalue weighted by molar-refractivity contribution is 0.0138. The molecular weight excluding hydrogens is 408 g/mol. The SMILES string of the molecule is C=CCN1CCC2(c3cccc(O)c3)CC(N(CC(C)C)C(=O)c3ccccc3)CCC2C1. The summed E-state index contributed by atoms with van der Waals surface area (Å²) >= 11 is 0. The normalized spacial score (nSPS) is 25.4. The molecule has 4 nitrogen and oxygen atoms in total. The molecule has 2 aromatic rings. The number of aromatic hydroxyl groups is 1. The molecule has 1 aliphatic heterocycles. The summed E-state index contributed by atoms with van der Waals surface area (Å²) in [6, 6.07) is 17.8. The van der Waals surface area contributed by atoms with Gasteiger partial charge in [0, 0.05) is 36.7 Å². The van der Waals surface area contributed by atoms with Crippen molar-refractivity contribution in [1.82, 2.24) is 9.80 Å². The predicted molar refractivity (Wildman–Crippen MR) is 134 cm³/mol. The largest absolute Gasteiger partial charge is 0.508 e. The first kappa shape index (κ1) is 23.6. The highest BCUT2D eigenvalue weighted by Gasteiger charge is 2.49. The summed E-state index contributed by atoms with van der Waals surface area (Å²) in [7, 11) is 0. The van der Waals surface area contributed by atoms with Crippen molar-refractivity contribution in [3.05, 3.63) is 78.4 Å². The lowest BCUT2D eigenvalue weighted by Crippen LogP contribution is -2.57. The Morgan fingerprint density at radius 3 is 2.70 bits per heavy atom. The van der Waals surface area contributed by atoms with E-state index in [1.807, 2.05) is 48.5 Å². The molecule has 2 aromatic carbocycles. The maximum atomic E-state index is 13.6. The number of benzene rings is 2. The van der Waals surface area contributed by atoms with E-state index in [1.165, 1.54) is 5.56 Å². The molecule has 0 radical (unpaired) electrons. The average molecular weight is 447 g/mol. The van der Waals surface area contributed by atoms with Crippen molar-refractivity contribution in [2.75, 3.05) is 26.2 Å². The van der Waals surface area contributed by atoms with Crippen molar-refractivity contribution in [3.8, 4) is 5.75 Å². The summed E-state index contributed by atoms with van der Waals surface area (Å²) < 4.78 is 0. The molecule has 2 fully saturated rings. The quantitative estimate of drug-likeness (QED) is 0.572. The highest BCUT2D eigenvalue weighted by molar-refractivity contribution is 5.94. The van der Waals surface area contributed by atoms with Crippen molar-refractivity contribution >= 4 is 5.91 Å². The maximum Gasteiger partial charge on any atom is 0.254 e. The molecule has 1 N–H and O–H groups in total. The highest BCUT2D eigenvalue weighted by atomic mass is 16.3. The van der Waals surface area contributed by atoms with E-state index in [1.54, 1.807) is 6.07 Å². The van der Waals surface area contributed by atoms with E-state index in [2.05, 4.69) is 36.3 Å². The number of hydrogen-bond acceptors (Lipinski definition) is 3. The fourth-order valence-electron chi connectivity index (χ4n) is 6.16. The van der Waals surface area contributed by atoms with E-state index in [9.17, 15) is 9.90 Å². The lowest BCUT2D eigenvalue weighted by Gasteiger charge is -2.54. The minimum atomic E-state index is -0.0223. The third-order valence-electron chi connectivity index (χ3n) is 7.68. The van der Waals surface area contributed by atoms with Gasteiger partial charge in [-0.15, -0.1) is 6.58 Å². The van der Waals surface area contributed by atoms with E-state index in [4.69, 9.17) is 0 Å². The fraction of sp³-hybridized carbons (Fsp3) is 0.483. The molecule has 0 spiro atoms. The number of piperidine rings is 1. The summed E-state index contributed by atoms with van der Waals surface area (Å²) in [4.78, 5) is 18.3. The van der Waals surface area contributed by atoms with Crippen LogP contribution in [0.15, 0.2) is 67.3 Å². The van der Waals surface area contributed by atoms with Crippen molar-refractivity contribution < 1.29 is 9.90 Å². The topological polar surface area (TPSA) is 43.8 Å². The van der Waals surface area contributed by atoms with Gasteiger partial charge in [-0.1, -0.05) is 50.3 Å². The molecule has 176 valence electrons. The molecule has 1 saturated carbocycles. The second-order valence-electron chi connectivity index (χ2n) is 10.4. The Morgan fingerprint density at radius 1 is 1.21 bits per heavy atom. The van der Waals surface area contributed by atoms with Crippen LogP contribution in [0, 0.1) is 11.8 Å². The Morgan fingerprint density at radius 2 is 2.00 bits per heavy atom. The molecule has 1 saturated heterocycles. The van der Waals surface area contributed by atoms with Crippen LogP contribution in [-0.2, 0) is 5.41 Å². The van der Waals surface area contributed by atoms with Gasteiger partial charge in [-0.2, -0.15) is 0 Å². The molecule has 3 unspecified atom stereocenters. The molecule has 1 heterocycles. The third kappa shape index (κ3) is 5.01. The summed E-state index contributed by atoms with van der Waals surface area (Å²) in [6.45, 7) is 12.1. The molecule has 2 aliphatic rings. The van der Waals surface area contributed by atoms with Gasteiger partial charge in [0.1, 0.15) is 5.75 Å². The van der Waals surface area contributed by atoms with Gasteiger partial charge in [-0.05, 0) is 73.9 Å². The molecule has 0 bridgehead atoms. The Labute approximate surface area is 198 Å². The minimum absolute atomic E-state index is 0.0223. The second kappa shape index (κ2) is 10.1. The fourth-order valence-corrected chi connectivity index (χ4v) is 6.16. The van der Waals surface area contributed by atoms with E-state index in [0.29, 0.717) is 17.6 Å².